The van der Waals surface area contributed by atoms with E-state index in [2.05, 4.69) is 10.3 Å². The van der Waals surface area contributed by atoms with Crippen LogP contribution in [0.15, 0.2) is 16.6 Å². The molecule has 2 N–H and O–H groups in total. The minimum Gasteiger partial charge on any atom is -0.481 e. The van der Waals surface area contributed by atoms with Crippen LogP contribution in [0.2, 0.25) is 0 Å². The minimum absolute atomic E-state index is 0.0278. The van der Waals surface area contributed by atoms with E-state index < -0.39 is 5.97 Å². The Morgan fingerprint density at radius 2 is 2.33 bits per heavy atom. The number of carbonyl (C=O) groups is 3. The third-order valence-electron chi connectivity index (χ3n) is 2.61. The molecule has 0 fully saturated rings. The second-order valence-electron chi connectivity index (χ2n) is 4.11. The number of fused-ring (bicyclic) bond motifs is 1. The Morgan fingerprint density at radius 1 is 1.52 bits per heavy atom. The van der Waals surface area contributed by atoms with Crippen molar-refractivity contribution in [1.82, 2.24) is 14.7 Å². The highest BCUT2D eigenvalue weighted by atomic mass is 32.2. The fourth-order valence-corrected chi connectivity index (χ4v) is 3.24. The molecule has 0 radical (unpaired) electrons. The molecule has 21 heavy (non-hydrogen) atoms. The predicted octanol–water partition coefficient (Wildman–Crippen LogP) is 1.28. The number of hydrogen-bond acceptors (Lipinski definition) is 6. The normalized spacial score (nSPS) is 10.7. The van der Waals surface area contributed by atoms with Gasteiger partial charge in [-0.25, -0.2) is 4.98 Å². The highest BCUT2D eigenvalue weighted by molar-refractivity contribution is 8.00. The number of aliphatic carboxylic acids is 1. The van der Waals surface area contributed by atoms with Gasteiger partial charge in [0.05, 0.1) is 5.75 Å². The predicted molar refractivity (Wildman–Crippen MR) is 79.1 cm³/mol. The third-order valence-corrected chi connectivity index (χ3v) is 4.34. The van der Waals surface area contributed by atoms with Crippen molar-refractivity contribution in [3.8, 4) is 0 Å². The molecule has 1 amide bonds. The molecule has 2 aromatic heterocycles. The average Bonchev–Trinajstić information content (AvgIpc) is 3.01. The standard InChI is InChI=1S/C12H13N3O4S2/c16-6-8-11(14-12-15(8)4-5-20-12)21-7-9(17)13-3-1-2-10(18)19/h4-6H,1-3,7H2,(H,13,17)(H,18,19). The summed E-state index contributed by atoms with van der Waals surface area (Å²) in [7, 11) is 0. The lowest BCUT2D eigenvalue weighted by atomic mass is 10.3. The SMILES string of the molecule is O=Cc1c(SCC(=O)NCCCC(=O)O)nc2sccn12. The zero-order chi connectivity index (χ0) is 15.2. The zero-order valence-corrected chi connectivity index (χ0v) is 12.6. The van der Waals surface area contributed by atoms with E-state index in [9.17, 15) is 14.4 Å². The van der Waals surface area contributed by atoms with Crippen molar-refractivity contribution in [3.05, 3.63) is 17.3 Å². The van der Waals surface area contributed by atoms with E-state index in [1.54, 1.807) is 10.6 Å². The van der Waals surface area contributed by atoms with Crippen LogP contribution in [0.1, 0.15) is 23.3 Å². The van der Waals surface area contributed by atoms with E-state index >= 15 is 0 Å². The molecule has 0 aliphatic heterocycles. The van der Waals surface area contributed by atoms with Crippen LogP contribution < -0.4 is 5.32 Å². The first-order chi connectivity index (χ1) is 10.1. The summed E-state index contributed by atoms with van der Waals surface area (Å²) in [6, 6.07) is 0. The molecule has 0 saturated carbocycles. The quantitative estimate of drug-likeness (QED) is 0.430. The first kappa shape index (κ1) is 15.5. The number of rotatable bonds is 8. The van der Waals surface area contributed by atoms with Gasteiger partial charge in [-0.1, -0.05) is 11.8 Å². The maximum atomic E-state index is 11.6. The fourth-order valence-electron chi connectivity index (χ4n) is 1.65. The van der Waals surface area contributed by atoms with Crippen molar-refractivity contribution in [1.29, 1.82) is 0 Å². The van der Waals surface area contributed by atoms with E-state index in [0.29, 0.717) is 28.6 Å². The Morgan fingerprint density at radius 3 is 3.05 bits per heavy atom. The molecule has 0 spiro atoms. The van der Waals surface area contributed by atoms with Crippen LogP contribution in [0.5, 0.6) is 0 Å². The summed E-state index contributed by atoms with van der Waals surface area (Å²) < 4.78 is 1.69. The molecule has 112 valence electrons. The molecular weight excluding hydrogens is 314 g/mol. The third kappa shape index (κ3) is 4.05. The summed E-state index contributed by atoms with van der Waals surface area (Å²) in [5, 5.41) is 13.5. The molecule has 0 aromatic carbocycles. The smallest absolute Gasteiger partial charge is 0.303 e. The van der Waals surface area contributed by atoms with Gasteiger partial charge in [-0.3, -0.25) is 18.8 Å². The van der Waals surface area contributed by atoms with Crippen molar-refractivity contribution in [2.75, 3.05) is 12.3 Å². The van der Waals surface area contributed by atoms with Gasteiger partial charge in [0.25, 0.3) is 0 Å². The number of thiazole rings is 1. The molecule has 2 rings (SSSR count). The van der Waals surface area contributed by atoms with Crippen molar-refractivity contribution in [3.63, 3.8) is 0 Å². The lowest BCUT2D eigenvalue weighted by Gasteiger charge is -2.03. The zero-order valence-electron chi connectivity index (χ0n) is 10.9. The van der Waals surface area contributed by atoms with Gasteiger partial charge in [0, 0.05) is 24.5 Å². The van der Waals surface area contributed by atoms with E-state index in [-0.39, 0.29) is 18.1 Å². The number of nitrogens with one attached hydrogen (secondary N) is 1. The van der Waals surface area contributed by atoms with Crippen LogP contribution in [-0.2, 0) is 9.59 Å². The maximum Gasteiger partial charge on any atom is 0.303 e. The second kappa shape index (κ2) is 7.23. The van der Waals surface area contributed by atoms with Crippen LogP contribution in [0.4, 0.5) is 0 Å². The molecular formula is C12H13N3O4S2. The van der Waals surface area contributed by atoms with Gasteiger partial charge >= 0.3 is 5.97 Å². The Hall–Kier alpha value is -1.87. The molecule has 0 unspecified atom stereocenters. The Labute approximate surface area is 128 Å². The number of imidazole rings is 1. The summed E-state index contributed by atoms with van der Waals surface area (Å²) >= 11 is 2.60. The van der Waals surface area contributed by atoms with Gasteiger partial charge in [0.15, 0.2) is 11.2 Å². The molecule has 0 aliphatic rings. The van der Waals surface area contributed by atoms with Crippen molar-refractivity contribution < 1.29 is 19.5 Å². The van der Waals surface area contributed by atoms with E-state index in [1.165, 1.54) is 23.1 Å². The number of nitrogens with zero attached hydrogens (tertiary/aromatic N) is 2. The molecule has 0 aliphatic carbocycles. The van der Waals surface area contributed by atoms with Crippen LogP contribution >= 0.6 is 23.1 Å². The molecule has 0 bridgehead atoms. The minimum atomic E-state index is -0.882. The number of aromatic nitrogens is 2. The number of carbonyl (C=O) groups excluding carboxylic acids is 2. The summed E-state index contributed by atoms with van der Waals surface area (Å²) in [6.45, 7) is 0.324. The number of aldehydes is 1. The first-order valence-corrected chi connectivity index (χ1v) is 8.00. The number of hydrogen-bond donors (Lipinski definition) is 2. The number of carboxylic acid groups (broad SMARTS) is 1. The molecule has 7 nitrogen and oxygen atoms in total. The van der Waals surface area contributed by atoms with Gasteiger partial charge in [0.2, 0.25) is 5.91 Å². The summed E-state index contributed by atoms with van der Waals surface area (Å²) in [4.78, 5) is 38.0. The largest absolute Gasteiger partial charge is 0.481 e. The Bertz CT molecular complexity index is 665. The summed E-state index contributed by atoms with van der Waals surface area (Å²) in [5.41, 5.74) is 0.440. The lowest BCUT2D eigenvalue weighted by molar-refractivity contribution is -0.137. The Kier molecular flexibility index (Phi) is 5.34. The highest BCUT2D eigenvalue weighted by Gasteiger charge is 2.14. The van der Waals surface area contributed by atoms with E-state index in [1.807, 2.05) is 5.38 Å². The number of carboxylic acids is 1. The average molecular weight is 327 g/mol. The second-order valence-corrected chi connectivity index (χ2v) is 5.95. The highest BCUT2D eigenvalue weighted by Crippen LogP contribution is 2.24. The summed E-state index contributed by atoms with van der Waals surface area (Å²) in [5.74, 6) is -0.954. The lowest BCUT2D eigenvalue weighted by Crippen LogP contribution is -2.26. The molecule has 9 heteroatoms. The van der Waals surface area contributed by atoms with E-state index in [4.69, 9.17) is 5.11 Å². The van der Waals surface area contributed by atoms with Crippen molar-refractivity contribution in [2.45, 2.75) is 17.9 Å². The van der Waals surface area contributed by atoms with Gasteiger partial charge < -0.3 is 10.4 Å². The van der Waals surface area contributed by atoms with Crippen LogP contribution in [0.3, 0.4) is 0 Å². The topological polar surface area (TPSA) is 101 Å². The Balaban J connectivity index is 1.83. The molecule has 2 heterocycles. The van der Waals surface area contributed by atoms with Gasteiger partial charge in [0.1, 0.15) is 10.7 Å². The molecule has 2 aromatic rings. The van der Waals surface area contributed by atoms with Crippen molar-refractivity contribution in [2.24, 2.45) is 0 Å². The molecule has 0 saturated heterocycles. The van der Waals surface area contributed by atoms with Crippen LogP contribution in [0.25, 0.3) is 4.96 Å². The summed E-state index contributed by atoms with van der Waals surface area (Å²) in [6.07, 6.45) is 2.90. The van der Waals surface area contributed by atoms with E-state index in [0.717, 1.165) is 6.29 Å². The number of amides is 1. The fraction of sp³-hybridized carbons (Fsp3) is 0.333. The van der Waals surface area contributed by atoms with Gasteiger partial charge in [-0.2, -0.15) is 0 Å². The monoisotopic (exact) mass is 327 g/mol. The van der Waals surface area contributed by atoms with Gasteiger partial charge in [-0.05, 0) is 6.42 Å². The van der Waals surface area contributed by atoms with Crippen LogP contribution in [0, 0.1) is 0 Å². The van der Waals surface area contributed by atoms with Gasteiger partial charge in [-0.15, -0.1) is 11.3 Å². The molecule has 0 atom stereocenters. The first-order valence-electron chi connectivity index (χ1n) is 6.14. The number of thioether (sulfide) groups is 1. The van der Waals surface area contributed by atoms with Crippen molar-refractivity contribution >= 4 is 46.2 Å². The van der Waals surface area contributed by atoms with Crippen LogP contribution in [-0.4, -0.2) is 45.0 Å². The maximum absolute atomic E-state index is 11.6.